The standard InChI is InChI=1S/C15H18N2O2/c18-13-7-4-8-17(10-13)11-14-9-15(16-19-14)12-5-2-1-3-6-12/h1-3,5-6,9,13,18H,4,7-8,10-11H2. The number of aliphatic hydroxyl groups is 1. The Bertz CT molecular complexity index is 524. The molecular formula is C15H18N2O2. The first-order valence-corrected chi connectivity index (χ1v) is 6.73. The molecule has 1 fully saturated rings. The van der Waals surface area contributed by atoms with Crippen LogP contribution in [0.3, 0.4) is 0 Å². The molecule has 0 amide bonds. The number of β-amino-alcohol motifs (C(OH)–C–C–N with tert-alkyl or cyclic N) is 1. The van der Waals surface area contributed by atoms with Gasteiger partial charge >= 0.3 is 0 Å². The molecular weight excluding hydrogens is 240 g/mol. The van der Waals surface area contributed by atoms with E-state index < -0.39 is 0 Å². The highest BCUT2D eigenvalue weighted by Crippen LogP contribution is 2.20. The monoisotopic (exact) mass is 258 g/mol. The van der Waals surface area contributed by atoms with Crippen LogP contribution in [0.2, 0.25) is 0 Å². The van der Waals surface area contributed by atoms with E-state index in [0.29, 0.717) is 0 Å². The van der Waals surface area contributed by atoms with E-state index in [1.807, 2.05) is 36.4 Å². The maximum absolute atomic E-state index is 9.65. The van der Waals surface area contributed by atoms with Gasteiger partial charge in [0.2, 0.25) is 0 Å². The van der Waals surface area contributed by atoms with Crippen molar-refractivity contribution in [2.45, 2.75) is 25.5 Å². The fourth-order valence-electron chi connectivity index (χ4n) is 2.53. The molecule has 0 spiro atoms. The van der Waals surface area contributed by atoms with E-state index in [2.05, 4.69) is 10.1 Å². The van der Waals surface area contributed by atoms with Gasteiger partial charge in [-0.05, 0) is 19.4 Å². The molecule has 19 heavy (non-hydrogen) atoms. The van der Waals surface area contributed by atoms with Gasteiger partial charge in [0.25, 0.3) is 0 Å². The molecule has 0 saturated carbocycles. The molecule has 0 bridgehead atoms. The lowest BCUT2D eigenvalue weighted by Crippen LogP contribution is -2.37. The van der Waals surface area contributed by atoms with Gasteiger partial charge in [-0.25, -0.2) is 0 Å². The number of aromatic nitrogens is 1. The van der Waals surface area contributed by atoms with Crippen molar-refractivity contribution in [1.82, 2.24) is 10.1 Å². The van der Waals surface area contributed by atoms with Crippen molar-refractivity contribution >= 4 is 0 Å². The van der Waals surface area contributed by atoms with Gasteiger partial charge in [0.1, 0.15) is 5.69 Å². The Balaban J connectivity index is 1.68. The van der Waals surface area contributed by atoms with Gasteiger partial charge in [-0.15, -0.1) is 0 Å². The van der Waals surface area contributed by atoms with Crippen LogP contribution in [-0.4, -0.2) is 34.4 Å². The summed E-state index contributed by atoms with van der Waals surface area (Å²) < 4.78 is 5.38. The summed E-state index contributed by atoms with van der Waals surface area (Å²) in [5, 5.41) is 13.8. The number of rotatable bonds is 3. The smallest absolute Gasteiger partial charge is 0.151 e. The van der Waals surface area contributed by atoms with Crippen LogP contribution in [0.5, 0.6) is 0 Å². The van der Waals surface area contributed by atoms with Crippen LogP contribution < -0.4 is 0 Å². The average molecular weight is 258 g/mol. The van der Waals surface area contributed by atoms with Crippen LogP contribution >= 0.6 is 0 Å². The Hall–Kier alpha value is -1.65. The first kappa shape index (κ1) is 12.4. The van der Waals surface area contributed by atoms with E-state index in [0.717, 1.165) is 49.5 Å². The van der Waals surface area contributed by atoms with E-state index in [9.17, 15) is 5.11 Å². The topological polar surface area (TPSA) is 49.5 Å². The SMILES string of the molecule is OC1CCCN(Cc2cc(-c3ccccc3)no2)C1. The molecule has 1 aromatic heterocycles. The van der Waals surface area contributed by atoms with E-state index in [1.54, 1.807) is 0 Å². The first-order valence-electron chi connectivity index (χ1n) is 6.73. The summed E-state index contributed by atoms with van der Waals surface area (Å²) in [6, 6.07) is 12.0. The molecule has 4 nitrogen and oxygen atoms in total. The summed E-state index contributed by atoms with van der Waals surface area (Å²) in [6.07, 6.45) is 1.74. The minimum Gasteiger partial charge on any atom is -0.392 e. The molecule has 0 aliphatic carbocycles. The van der Waals surface area contributed by atoms with Crippen LogP contribution in [0.4, 0.5) is 0 Å². The number of aliphatic hydroxyl groups excluding tert-OH is 1. The van der Waals surface area contributed by atoms with Crippen LogP contribution in [-0.2, 0) is 6.54 Å². The van der Waals surface area contributed by atoms with Crippen LogP contribution in [0, 0.1) is 0 Å². The summed E-state index contributed by atoms with van der Waals surface area (Å²) in [6.45, 7) is 2.46. The largest absolute Gasteiger partial charge is 0.392 e. The zero-order chi connectivity index (χ0) is 13.1. The number of hydrogen-bond acceptors (Lipinski definition) is 4. The number of hydrogen-bond donors (Lipinski definition) is 1. The zero-order valence-electron chi connectivity index (χ0n) is 10.8. The average Bonchev–Trinajstić information content (AvgIpc) is 2.88. The minimum atomic E-state index is -0.203. The first-order chi connectivity index (χ1) is 9.31. The summed E-state index contributed by atoms with van der Waals surface area (Å²) in [5.74, 6) is 0.855. The molecule has 100 valence electrons. The maximum Gasteiger partial charge on any atom is 0.151 e. The lowest BCUT2D eigenvalue weighted by atomic mass is 10.1. The van der Waals surface area contributed by atoms with Gasteiger partial charge in [0.05, 0.1) is 12.6 Å². The van der Waals surface area contributed by atoms with Crippen molar-refractivity contribution in [1.29, 1.82) is 0 Å². The molecule has 1 unspecified atom stereocenters. The number of likely N-dealkylation sites (tertiary alicyclic amines) is 1. The van der Waals surface area contributed by atoms with Gasteiger partial charge in [0, 0.05) is 18.2 Å². The van der Waals surface area contributed by atoms with Crippen LogP contribution in [0.25, 0.3) is 11.3 Å². The van der Waals surface area contributed by atoms with Crippen molar-refractivity contribution in [2.24, 2.45) is 0 Å². The molecule has 4 heteroatoms. The Kier molecular flexibility index (Phi) is 3.62. The Morgan fingerprint density at radius 3 is 2.95 bits per heavy atom. The molecule has 3 rings (SSSR count). The highest BCUT2D eigenvalue weighted by molar-refractivity contribution is 5.58. The fraction of sp³-hybridized carbons (Fsp3) is 0.400. The molecule has 1 aromatic carbocycles. The Morgan fingerprint density at radius 1 is 1.32 bits per heavy atom. The maximum atomic E-state index is 9.65. The second kappa shape index (κ2) is 5.55. The summed E-state index contributed by atoms with van der Waals surface area (Å²) in [4.78, 5) is 2.21. The van der Waals surface area contributed by atoms with E-state index in [1.165, 1.54) is 0 Å². The number of nitrogens with zero attached hydrogens (tertiary/aromatic N) is 2. The predicted octanol–water partition coefficient (Wildman–Crippen LogP) is 2.30. The molecule has 1 aliphatic rings. The van der Waals surface area contributed by atoms with Crippen molar-refractivity contribution in [2.75, 3.05) is 13.1 Å². The Morgan fingerprint density at radius 2 is 2.16 bits per heavy atom. The fourth-order valence-corrected chi connectivity index (χ4v) is 2.53. The predicted molar refractivity (Wildman–Crippen MR) is 72.5 cm³/mol. The lowest BCUT2D eigenvalue weighted by Gasteiger charge is -2.28. The minimum absolute atomic E-state index is 0.203. The molecule has 1 aliphatic heterocycles. The highest BCUT2D eigenvalue weighted by Gasteiger charge is 2.19. The van der Waals surface area contributed by atoms with Crippen molar-refractivity contribution < 1.29 is 9.63 Å². The third kappa shape index (κ3) is 3.03. The highest BCUT2D eigenvalue weighted by atomic mass is 16.5. The summed E-state index contributed by atoms with van der Waals surface area (Å²) in [7, 11) is 0. The lowest BCUT2D eigenvalue weighted by molar-refractivity contribution is 0.0622. The van der Waals surface area contributed by atoms with Crippen molar-refractivity contribution in [3.63, 3.8) is 0 Å². The zero-order valence-corrected chi connectivity index (χ0v) is 10.8. The summed E-state index contributed by atoms with van der Waals surface area (Å²) in [5.41, 5.74) is 1.93. The van der Waals surface area contributed by atoms with Gasteiger partial charge in [-0.3, -0.25) is 4.90 Å². The molecule has 2 heterocycles. The molecule has 1 atom stereocenters. The molecule has 1 N–H and O–H groups in total. The van der Waals surface area contributed by atoms with E-state index >= 15 is 0 Å². The third-order valence-electron chi connectivity index (χ3n) is 3.49. The van der Waals surface area contributed by atoms with Crippen LogP contribution in [0.15, 0.2) is 40.9 Å². The van der Waals surface area contributed by atoms with Crippen molar-refractivity contribution in [3.8, 4) is 11.3 Å². The van der Waals surface area contributed by atoms with Gasteiger partial charge < -0.3 is 9.63 Å². The van der Waals surface area contributed by atoms with Gasteiger partial charge in [-0.1, -0.05) is 35.5 Å². The van der Waals surface area contributed by atoms with E-state index in [-0.39, 0.29) is 6.10 Å². The van der Waals surface area contributed by atoms with Gasteiger partial charge in [0.15, 0.2) is 5.76 Å². The van der Waals surface area contributed by atoms with E-state index in [4.69, 9.17) is 4.52 Å². The third-order valence-corrected chi connectivity index (χ3v) is 3.49. The number of benzene rings is 1. The molecule has 0 radical (unpaired) electrons. The molecule has 2 aromatic rings. The van der Waals surface area contributed by atoms with Crippen LogP contribution in [0.1, 0.15) is 18.6 Å². The normalized spacial score (nSPS) is 20.6. The second-order valence-electron chi connectivity index (χ2n) is 5.08. The summed E-state index contributed by atoms with van der Waals surface area (Å²) >= 11 is 0. The molecule has 1 saturated heterocycles. The van der Waals surface area contributed by atoms with Gasteiger partial charge in [-0.2, -0.15) is 0 Å². The quantitative estimate of drug-likeness (QED) is 0.917. The van der Waals surface area contributed by atoms with Crippen molar-refractivity contribution in [3.05, 3.63) is 42.2 Å². The second-order valence-corrected chi connectivity index (χ2v) is 5.08. The Labute approximate surface area is 112 Å². The number of piperidine rings is 1.